The molecule has 1 unspecified atom stereocenters. The van der Waals surface area contributed by atoms with Crippen LogP contribution in [0.2, 0.25) is 0 Å². The number of rotatable bonds is 6. The number of hydrogen-bond donors (Lipinski definition) is 3. The molecular weight excluding hydrogens is 293 g/mol. The molecule has 0 bridgehead atoms. The van der Waals surface area contributed by atoms with Crippen LogP contribution < -0.4 is 5.32 Å². The molecule has 1 amide bonds. The van der Waals surface area contributed by atoms with E-state index in [4.69, 9.17) is 9.66 Å². The molecule has 3 N–H and O–H groups in total. The van der Waals surface area contributed by atoms with Crippen LogP contribution in [0.15, 0.2) is 24.3 Å². The van der Waals surface area contributed by atoms with Crippen LogP contribution in [-0.2, 0) is 26.1 Å². The molecule has 0 aliphatic rings. The summed E-state index contributed by atoms with van der Waals surface area (Å²) in [6, 6.07) is 3.60. The fraction of sp³-hybridized carbons (Fsp3) is 0.273. The topological polar surface area (TPSA) is 121 Å². The number of carboxylic acids is 1. The van der Waals surface area contributed by atoms with Gasteiger partial charge in [0, 0.05) is 0 Å². The van der Waals surface area contributed by atoms with Crippen LogP contribution in [0.1, 0.15) is 5.56 Å². The van der Waals surface area contributed by atoms with E-state index < -0.39 is 46.0 Å². The van der Waals surface area contributed by atoms with E-state index in [1.54, 1.807) is 0 Å². The maximum Gasteiger partial charge on any atom is 0.327 e. The summed E-state index contributed by atoms with van der Waals surface area (Å²) < 4.78 is 43.1. The Balaban J connectivity index is 2.73. The molecule has 0 aliphatic carbocycles. The highest BCUT2D eigenvalue weighted by Crippen LogP contribution is 2.07. The van der Waals surface area contributed by atoms with Gasteiger partial charge in [-0.2, -0.15) is 8.42 Å². The standard InChI is InChI=1S/C11H12FNO6S/c12-8-4-2-1-3-7(8)5-10(14)13-9(11(15)16)6-20(17,18)19/h1-4,9H,5-6H2,(H,13,14)(H,15,16)(H,17,18,19). The minimum absolute atomic E-state index is 0.0426. The minimum atomic E-state index is -4.56. The molecule has 0 aliphatic heterocycles. The second kappa shape index (κ2) is 6.44. The molecule has 0 fully saturated rings. The number of halogens is 1. The molecule has 0 aromatic heterocycles. The predicted molar refractivity (Wildman–Crippen MR) is 66.1 cm³/mol. The Hall–Kier alpha value is -2.00. The number of carbonyl (C=O) groups excluding carboxylic acids is 1. The number of carbonyl (C=O) groups is 2. The van der Waals surface area contributed by atoms with Crippen LogP contribution in [0.3, 0.4) is 0 Å². The Bertz CT molecular complexity index is 615. The molecule has 9 heteroatoms. The third-order valence-corrected chi connectivity index (χ3v) is 3.07. The third kappa shape index (κ3) is 5.33. The lowest BCUT2D eigenvalue weighted by atomic mass is 10.1. The van der Waals surface area contributed by atoms with Crippen LogP contribution in [0.4, 0.5) is 4.39 Å². The van der Waals surface area contributed by atoms with Crippen LogP contribution in [0.25, 0.3) is 0 Å². The monoisotopic (exact) mass is 305 g/mol. The van der Waals surface area contributed by atoms with Gasteiger partial charge in [0.2, 0.25) is 5.91 Å². The summed E-state index contributed by atoms with van der Waals surface area (Å²) in [4.78, 5) is 22.3. The van der Waals surface area contributed by atoms with Gasteiger partial charge in [0.25, 0.3) is 10.1 Å². The largest absolute Gasteiger partial charge is 0.480 e. The van der Waals surface area contributed by atoms with Gasteiger partial charge in [-0.25, -0.2) is 9.18 Å². The van der Waals surface area contributed by atoms with Crippen molar-refractivity contribution >= 4 is 22.0 Å². The van der Waals surface area contributed by atoms with E-state index in [1.807, 2.05) is 5.32 Å². The van der Waals surface area contributed by atoms with E-state index in [0.717, 1.165) is 6.07 Å². The zero-order valence-electron chi connectivity index (χ0n) is 10.1. The highest BCUT2D eigenvalue weighted by molar-refractivity contribution is 7.85. The number of amides is 1. The van der Waals surface area contributed by atoms with Crippen molar-refractivity contribution in [2.75, 3.05) is 5.75 Å². The van der Waals surface area contributed by atoms with Crippen molar-refractivity contribution in [3.63, 3.8) is 0 Å². The van der Waals surface area contributed by atoms with Crippen LogP contribution in [0.5, 0.6) is 0 Å². The second-order valence-corrected chi connectivity index (χ2v) is 5.47. The molecule has 0 spiro atoms. The molecule has 110 valence electrons. The van der Waals surface area contributed by atoms with E-state index >= 15 is 0 Å². The quantitative estimate of drug-likeness (QED) is 0.627. The van der Waals surface area contributed by atoms with Crippen molar-refractivity contribution in [1.82, 2.24) is 5.32 Å². The third-order valence-electron chi connectivity index (χ3n) is 2.32. The molecule has 0 radical (unpaired) electrons. The Morgan fingerprint density at radius 2 is 1.90 bits per heavy atom. The number of aliphatic carboxylic acids is 1. The summed E-state index contributed by atoms with van der Waals surface area (Å²) in [6.45, 7) is 0. The van der Waals surface area contributed by atoms with E-state index in [9.17, 15) is 22.4 Å². The van der Waals surface area contributed by atoms with Gasteiger partial charge < -0.3 is 10.4 Å². The summed E-state index contributed by atoms with van der Waals surface area (Å²) in [5.41, 5.74) is 0.0426. The van der Waals surface area contributed by atoms with Crippen molar-refractivity contribution in [2.45, 2.75) is 12.5 Å². The zero-order valence-corrected chi connectivity index (χ0v) is 10.9. The van der Waals surface area contributed by atoms with Gasteiger partial charge >= 0.3 is 5.97 Å². The molecule has 0 saturated carbocycles. The first-order chi connectivity index (χ1) is 9.19. The molecule has 1 rings (SSSR count). The fourth-order valence-corrected chi connectivity index (χ4v) is 2.09. The van der Waals surface area contributed by atoms with Gasteiger partial charge in [-0.3, -0.25) is 9.35 Å². The minimum Gasteiger partial charge on any atom is -0.480 e. The molecule has 1 aromatic carbocycles. The van der Waals surface area contributed by atoms with Crippen molar-refractivity contribution < 1.29 is 32.1 Å². The Kier molecular flexibility index (Phi) is 5.17. The first kappa shape index (κ1) is 16.1. The van der Waals surface area contributed by atoms with Crippen LogP contribution in [-0.4, -0.2) is 41.7 Å². The highest BCUT2D eigenvalue weighted by Gasteiger charge is 2.25. The number of nitrogens with one attached hydrogen (secondary N) is 1. The summed E-state index contributed by atoms with van der Waals surface area (Å²) in [7, 11) is -4.56. The van der Waals surface area contributed by atoms with Crippen molar-refractivity contribution in [2.24, 2.45) is 0 Å². The first-order valence-corrected chi connectivity index (χ1v) is 7.00. The lowest BCUT2D eigenvalue weighted by Crippen LogP contribution is -2.45. The van der Waals surface area contributed by atoms with Gasteiger partial charge in [-0.15, -0.1) is 0 Å². The highest BCUT2D eigenvalue weighted by atomic mass is 32.2. The van der Waals surface area contributed by atoms with Crippen LogP contribution in [0, 0.1) is 5.82 Å². The van der Waals surface area contributed by atoms with Gasteiger partial charge in [0.05, 0.1) is 6.42 Å². The van der Waals surface area contributed by atoms with Gasteiger partial charge in [0.15, 0.2) is 0 Å². The average molecular weight is 305 g/mol. The second-order valence-electron chi connectivity index (χ2n) is 3.98. The van der Waals surface area contributed by atoms with E-state index in [2.05, 4.69) is 0 Å². The summed E-state index contributed by atoms with van der Waals surface area (Å²) in [5.74, 6) is -4.29. The maximum absolute atomic E-state index is 13.3. The van der Waals surface area contributed by atoms with Gasteiger partial charge in [-0.1, -0.05) is 18.2 Å². The lowest BCUT2D eigenvalue weighted by Gasteiger charge is -2.13. The molecule has 0 saturated heterocycles. The molecule has 1 atom stereocenters. The number of carboxylic acid groups (broad SMARTS) is 1. The first-order valence-electron chi connectivity index (χ1n) is 5.40. The fourth-order valence-electron chi connectivity index (χ4n) is 1.45. The molecule has 7 nitrogen and oxygen atoms in total. The van der Waals surface area contributed by atoms with E-state index in [1.165, 1.54) is 18.2 Å². The molecule has 0 heterocycles. The smallest absolute Gasteiger partial charge is 0.327 e. The molecular formula is C11H12FNO6S. The Morgan fingerprint density at radius 3 is 2.40 bits per heavy atom. The average Bonchev–Trinajstić information content (AvgIpc) is 2.29. The van der Waals surface area contributed by atoms with Crippen molar-refractivity contribution in [3.8, 4) is 0 Å². The van der Waals surface area contributed by atoms with Crippen molar-refractivity contribution in [3.05, 3.63) is 35.6 Å². The number of benzene rings is 1. The summed E-state index contributed by atoms with van der Waals surface area (Å²) >= 11 is 0. The molecule has 20 heavy (non-hydrogen) atoms. The Morgan fingerprint density at radius 1 is 1.30 bits per heavy atom. The number of hydrogen-bond acceptors (Lipinski definition) is 4. The zero-order chi connectivity index (χ0) is 15.3. The lowest BCUT2D eigenvalue weighted by molar-refractivity contribution is -0.141. The van der Waals surface area contributed by atoms with Gasteiger partial charge in [0.1, 0.15) is 17.6 Å². The summed E-state index contributed by atoms with van der Waals surface area (Å²) in [6.07, 6.45) is -0.443. The van der Waals surface area contributed by atoms with Crippen molar-refractivity contribution in [1.29, 1.82) is 0 Å². The van der Waals surface area contributed by atoms with E-state index in [0.29, 0.717) is 0 Å². The van der Waals surface area contributed by atoms with Crippen LogP contribution >= 0.6 is 0 Å². The van der Waals surface area contributed by atoms with E-state index in [-0.39, 0.29) is 5.56 Å². The SMILES string of the molecule is O=C(Cc1ccccc1F)NC(CS(=O)(=O)O)C(=O)O. The Labute approximate surface area is 114 Å². The maximum atomic E-state index is 13.3. The molecule has 1 aromatic rings. The normalized spacial score (nSPS) is 12.7. The summed E-state index contributed by atoms with van der Waals surface area (Å²) in [5, 5.41) is 10.6. The predicted octanol–water partition coefficient (Wildman–Crippen LogP) is -0.175. The van der Waals surface area contributed by atoms with Gasteiger partial charge in [-0.05, 0) is 11.6 Å².